The summed E-state index contributed by atoms with van der Waals surface area (Å²) in [4.78, 5) is 277. The van der Waals surface area contributed by atoms with Gasteiger partial charge in [0.25, 0.3) is 0 Å². The number of carboxylic acids is 4. The smallest absolute Gasteiger partial charge is 0.335 e. The Labute approximate surface area is 672 Å². The first-order chi connectivity index (χ1) is 55.1. The molecule has 0 radical (unpaired) electrons. The number of H-pyrrole nitrogens is 1. The summed E-state index contributed by atoms with van der Waals surface area (Å²) in [5.74, 6) is -29.0. The highest BCUT2D eigenvalue weighted by atomic mass is 16.5. The van der Waals surface area contributed by atoms with Crippen LogP contribution in [0, 0.1) is 11.8 Å². The van der Waals surface area contributed by atoms with Gasteiger partial charge < -0.3 is 126 Å². The number of methoxy groups -OCH3 is 1. The number of fused-ring (bicyclic) bond motifs is 1. The maximum Gasteiger partial charge on any atom is 0.335 e. The Morgan fingerprint density at radius 1 is 0.615 bits per heavy atom. The van der Waals surface area contributed by atoms with Crippen LogP contribution in [0.2, 0.25) is 0 Å². The standard InChI is InChI=1S/C73H111N17O27/c1-9-35(3)19-13-11-12-14-23-49(92)80-45(29-39-32-77-41-21-16-15-20-40(39)41)66(107)83-44(25-27-53(97)98)65(106)88-57(59(101)61(76)102)70(111)87-56-38(6)117-73(115)55(36(4)10-2)86-64(105)43(24-26-52(95)96)84-67(108)46(30-48(75)91)81-50(93)33-78-69(110)58(60(116-8)72(113)114)89-63(104)42(22-17-18-28-74)82-68(109)47(31-54(99)100)85-62(103)37(5)79-51(94)34-90(7)71(56)112/h15-16,20-21,32,35-38,42-47,55-60,77,101H,9-14,17-19,22-31,33-34,74H2,1-8H3,(H2,75,91)(H2,76,102)(H,78,110)(H,79,94)(H,80,92)(H,81,93)(H,82,109)(H,83,107)(H,84,108)(H,85,103)(H,86,105)(H,87,111)(H,88,106)(H,89,104)(H,95,96)(H,97,98)(H,99,100)(H,113,114)/t35?,36?,37?,38-,42?,43?,44?,45?,46?,47?,55?,56?,57?,58?,59?,60?/m0/s1. The lowest BCUT2D eigenvalue weighted by Crippen LogP contribution is -2.64. The molecular formula is C73H111N17O27. The van der Waals surface area contributed by atoms with E-state index in [1.54, 1.807) is 30.5 Å². The predicted molar refractivity (Wildman–Crippen MR) is 408 cm³/mol. The molecule has 3 rings (SSSR count). The molecule has 1 aromatic carbocycles. The lowest BCUT2D eigenvalue weighted by Gasteiger charge is -2.32. The van der Waals surface area contributed by atoms with E-state index in [1.165, 1.54) is 13.8 Å². The van der Waals surface area contributed by atoms with E-state index in [2.05, 4.69) is 72.0 Å². The fourth-order valence-electron chi connectivity index (χ4n) is 12.0. The van der Waals surface area contributed by atoms with Crippen molar-refractivity contribution >= 4 is 129 Å². The number of amides is 15. The Hall–Kier alpha value is -12.0. The first-order valence-electron chi connectivity index (χ1n) is 38.0. The van der Waals surface area contributed by atoms with Crippen LogP contribution in [-0.2, 0) is 112 Å². The summed E-state index contributed by atoms with van der Waals surface area (Å²) < 4.78 is 10.7. The van der Waals surface area contributed by atoms with Gasteiger partial charge in [0.05, 0.1) is 25.9 Å². The summed E-state index contributed by atoms with van der Waals surface area (Å²) in [5, 5.41) is 78.1. The van der Waals surface area contributed by atoms with Crippen molar-refractivity contribution in [2.24, 2.45) is 29.0 Å². The number of aliphatic hydroxyl groups is 1. The Kier molecular flexibility index (Phi) is 42.2. The number of carbonyl (C=O) groups is 20. The Morgan fingerprint density at radius 2 is 1.21 bits per heavy atom. The number of nitrogens with zero attached hydrogens (tertiary/aromatic N) is 1. The molecule has 0 aliphatic carbocycles. The number of nitrogens with one attached hydrogen (secondary N) is 13. The number of aromatic amines is 1. The van der Waals surface area contributed by atoms with Crippen molar-refractivity contribution in [2.75, 3.05) is 33.8 Å². The van der Waals surface area contributed by atoms with Crippen LogP contribution >= 0.6 is 0 Å². The maximum absolute atomic E-state index is 15.0. The summed E-state index contributed by atoms with van der Waals surface area (Å²) in [5.41, 5.74) is 17.8. The highest BCUT2D eigenvalue weighted by molar-refractivity contribution is 6.02. The third kappa shape index (κ3) is 33.8. The molecule has 650 valence electrons. The largest absolute Gasteiger partial charge is 0.481 e. The van der Waals surface area contributed by atoms with E-state index in [9.17, 15) is 121 Å². The molecule has 1 fully saturated rings. The third-order valence-corrected chi connectivity index (χ3v) is 19.1. The predicted octanol–water partition coefficient (Wildman–Crippen LogP) is -5.83. The topological polar surface area (TPSA) is 702 Å². The van der Waals surface area contributed by atoms with E-state index < -0.39 is 261 Å². The van der Waals surface area contributed by atoms with E-state index in [0.29, 0.717) is 40.1 Å². The average molecular weight is 1660 g/mol. The van der Waals surface area contributed by atoms with Crippen LogP contribution in [0.1, 0.15) is 156 Å². The van der Waals surface area contributed by atoms with Crippen LogP contribution < -0.4 is 81.0 Å². The number of carbonyl (C=O) groups excluding carboxylic acids is 16. The zero-order valence-corrected chi connectivity index (χ0v) is 66.4. The highest BCUT2D eigenvalue weighted by Crippen LogP contribution is 2.22. The molecule has 44 nitrogen and oxygen atoms in total. The van der Waals surface area contributed by atoms with E-state index in [4.69, 9.17) is 26.7 Å². The zero-order chi connectivity index (χ0) is 88.1. The number of aliphatic carboxylic acids is 4. The number of benzene rings is 1. The molecule has 117 heavy (non-hydrogen) atoms. The number of rotatable bonds is 38. The third-order valence-electron chi connectivity index (χ3n) is 19.1. The van der Waals surface area contributed by atoms with Gasteiger partial charge in [-0.1, -0.05) is 84.4 Å². The number of likely N-dealkylation sites (N-methyl/N-ethyl adjacent to an activating group) is 1. The summed E-state index contributed by atoms with van der Waals surface area (Å²) in [6, 6.07) is -15.7. The number of aliphatic hydroxyl groups excluding tert-OH is 1. The van der Waals surface area contributed by atoms with Gasteiger partial charge in [0, 0.05) is 56.9 Å². The second-order valence-electron chi connectivity index (χ2n) is 28.4. The molecule has 1 aromatic heterocycles. The Morgan fingerprint density at radius 3 is 1.79 bits per heavy atom. The van der Waals surface area contributed by atoms with Crippen molar-refractivity contribution in [3.05, 3.63) is 36.0 Å². The number of esters is 1. The molecule has 2 heterocycles. The lowest BCUT2D eigenvalue weighted by molar-refractivity contribution is -0.159. The number of primary amides is 2. The fraction of sp³-hybridized carbons (Fsp3) is 0.616. The molecule has 0 bridgehead atoms. The van der Waals surface area contributed by atoms with Crippen molar-refractivity contribution in [3.8, 4) is 0 Å². The van der Waals surface area contributed by atoms with E-state index in [0.717, 1.165) is 53.7 Å². The quantitative estimate of drug-likeness (QED) is 0.0220. The van der Waals surface area contributed by atoms with Crippen molar-refractivity contribution in [2.45, 2.75) is 242 Å². The molecule has 15 amide bonds. The minimum Gasteiger partial charge on any atom is -0.481 e. The van der Waals surface area contributed by atoms with Crippen molar-refractivity contribution in [1.29, 1.82) is 0 Å². The van der Waals surface area contributed by atoms with Crippen molar-refractivity contribution in [1.82, 2.24) is 73.7 Å². The van der Waals surface area contributed by atoms with Gasteiger partial charge in [0.1, 0.15) is 72.6 Å². The summed E-state index contributed by atoms with van der Waals surface area (Å²) in [6.45, 7) is 6.67. The monoisotopic (exact) mass is 1660 g/mol. The first kappa shape index (κ1) is 99.2. The molecule has 15 unspecified atom stereocenters. The lowest BCUT2D eigenvalue weighted by atomic mass is 9.98. The average Bonchev–Trinajstić information content (AvgIpc) is 1.75. The summed E-state index contributed by atoms with van der Waals surface area (Å²) in [7, 11) is 1.70. The number of unbranched alkanes of at least 4 members (excludes halogenated alkanes) is 4. The second kappa shape index (κ2) is 49.7. The molecule has 1 aliphatic rings. The van der Waals surface area contributed by atoms with Gasteiger partial charge >= 0.3 is 29.8 Å². The van der Waals surface area contributed by atoms with Crippen LogP contribution in [0.25, 0.3) is 10.9 Å². The fourth-order valence-corrected chi connectivity index (χ4v) is 12.0. The minimum atomic E-state index is -2.80. The number of hydrogen-bond donors (Lipinski definition) is 21. The maximum atomic E-state index is 15.0. The first-order valence-corrected chi connectivity index (χ1v) is 38.0. The molecule has 1 aliphatic heterocycles. The van der Waals surface area contributed by atoms with Gasteiger partial charge in [-0.15, -0.1) is 0 Å². The number of para-hydroxylation sites is 1. The molecular weight excluding hydrogens is 1550 g/mol. The normalized spacial score (nSPS) is 22.0. The second-order valence-corrected chi connectivity index (χ2v) is 28.4. The number of nitrogens with two attached hydrogens (primary N) is 3. The SMILES string of the molecule is CCC(C)CCCCCCC(=O)NC(Cc1c[nH]c2ccccc12)C(=O)NC(CCC(=O)O)C(=O)NC(C(=O)NC1C(=O)N(C)CC(=O)NC(C)C(=O)NC(CC(=O)O)C(=O)NC(CCCCN)C(=O)NC(C(OC)C(=O)O)C(=O)NCC(=O)NC(CC(N)=O)C(=O)NC(CCC(=O)O)C(=O)NC(C(C)CC)C(=O)O[C@H]1C)C(O)C(N)=O. The number of ether oxygens (including phenoxy) is 2. The number of aromatic nitrogens is 1. The van der Waals surface area contributed by atoms with Gasteiger partial charge in [0.15, 0.2) is 12.2 Å². The molecule has 16 atom stereocenters. The van der Waals surface area contributed by atoms with Crippen LogP contribution in [0.5, 0.6) is 0 Å². The van der Waals surface area contributed by atoms with Gasteiger partial charge in [0.2, 0.25) is 88.6 Å². The van der Waals surface area contributed by atoms with E-state index in [-0.39, 0.29) is 45.1 Å². The van der Waals surface area contributed by atoms with Gasteiger partial charge in [-0.2, -0.15) is 0 Å². The van der Waals surface area contributed by atoms with Crippen LogP contribution in [0.4, 0.5) is 0 Å². The van der Waals surface area contributed by atoms with Crippen molar-refractivity contribution in [3.63, 3.8) is 0 Å². The minimum absolute atomic E-state index is 0.00540. The Balaban J connectivity index is 2.28. The molecule has 44 heteroatoms. The van der Waals surface area contributed by atoms with Gasteiger partial charge in [-0.05, 0) is 82.4 Å². The number of cyclic esters (lactones) is 1. The molecule has 2 aromatic rings. The van der Waals surface area contributed by atoms with Crippen molar-refractivity contribution < 1.29 is 131 Å². The molecule has 0 saturated carbocycles. The van der Waals surface area contributed by atoms with Crippen LogP contribution in [0.3, 0.4) is 0 Å². The van der Waals surface area contributed by atoms with Crippen LogP contribution in [-0.4, -0.2) is 272 Å². The van der Waals surface area contributed by atoms with Crippen LogP contribution in [0.15, 0.2) is 30.5 Å². The molecule has 24 N–H and O–H groups in total. The van der Waals surface area contributed by atoms with E-state index in [1.807, 2.05) is 10.6 Å². The highest BCUT2D eigenvalue weighted by Gasteiger charge is 2.44. The summed E-state index contributed by atoms with van der Waals surface area (Å²) >= 11 is 0. The van der Waals surface area contributed by atoms with Gasteiger partial charge in [-0.3, -0.25) is 86.3 Å². The summed E-state index contributed by atoms with van der Waals surface area (Å²) in [6.07, 6.45) is -6.91. The van der Waals surface area contributed by atoms with E-state index >= 15 is 0 Å². The number of hydrogen-bond acceptors (Lipinski definition) is 24. The van der Waals surface area contributed by atoms with Gasteiger partial charge in [-0.25, -0.2) is 9.59 Å². The Bertz CT molecular complexity index is 3880. The molecule has 0 spiro atoms. The number of carboxylic acid groups (broad SMARTS) is 4. The zero-order valence-electron chi connectivity index (χ0n) is 66.4. The molecule has 1 saturated heterocycles.